The Labute approximate surface area is 109 Å². The Morgan fingerprint density at radius 2 is 2.00 bits per heavy atom. The minimum Gasteiger partial charge on any atom is -0.381 e. The second-order valence-corrected chi connectivity index (χ2v) is 6.59. The van der Waals surface area contributed by atoms with Gasteiger partial charge in [0.05, 0.1) is 11.9 Å². The van der Waals surface area contributed by atoms with E-state index in [-0.39, 0.29) is 0 Å². The van der Waals surface area contributed by atoms with Crippen LogP contribution in [0.2, 0.25) is 0 Å². The van der Waals surface area contributed by atoms with Crippen molar-refractivity contribution >= 4 is 5.69 Å². The molecule has 1 aromatic rings. The Balaban J connectivity index is 1.49. The van der Waals surface area contributed by atoms with E-state index in [0.717, 1.165) is 35.4 Å². The fourth-order valence-corrected chi connectivity index (χ4v) is 5.00. The molecule has 3 aliphatic carbocycles. The van der Waals surface area contributed by atoms with E-state index in [2.05, 4.69) is 22.4 Å². The second kappa shape index (κ2) is 3.97. The van der Waals surface area contributed by atoms with Crippen molar-refractivity contribution in [1.29, 1.82) is 0 Å². The van der Waals surface area contributed by atoms with Crippen molar-refractivity contribution in [3.05, 3.63) is 24.0 Å². The molecule has 2 heteroatoms. The molecule has 3 saturated carbocycles. The van der Waals surface area contributed by atoms with Gasteiger partial charge >= 0.3 is 0 Å². The normalized spacial score (nSPS) is 41.1. The zero-order valence-corrected chi connectivity index (χ0v) is 11.1. The Kier molecular flexibility index (Phi) is 2.39. The molecule has 0 amide bonds. The Morgan fingerprint density at radius 3 is 2.83 bits per heavy atom. The maximum Gasteiger partial charge on any atom is 0.0529 e. The van der Waals surface area contributed by atoms with Gasteiger partial charge < -0.3 is 5.32 Å². The van der Waals surface area contributed by atoms with Gasteiger partial charge in [-0.1, -0.05) is 6.42 Å². The van der Waals surface area contributed by atoms with E-state index in [0.29, 0.717) is 0 Å². The average Bonchev–Trinajstić information content (AvgIpc) is 3.03. The summed E-state index contributed by atoms with van der Waals surface area (Å²) in [6.45, 7) is 2.05. The molecule has 3 aliphatic rings. The highest BCUT2D eigenvalue weighted by Gasteiger charge is 2.53. The summed E-state index contributed by atoms with van der Waals surface area (Å²) in [7, 11) is 0. The summed E-state index contributed by atoms with van der Waals surface area (Å²) in [5.41, 5.74) is 2.32. The SMILES string of the molecule is Cc1ccc(NC2CC3CC2C2CCCC32)cn1. The lowest BCUT2D eigenvalue weighted by molar-refractivity contribution is 0.243. The highest BCUT2D eigenvalue weighted by Crippen LogP contribution is 2.59. The van der Waals surface area contributed by atoms with Gasteiger partial charge in [0.2, 0.25) is 0 Å². The van der Waals surface area contributed by atoms with Crippen LogP contribution in [-0.2, 0) is 0 Å². The molecule has 2 nitrogen and oxygen atoms in total. The molecule has 2 bridgehead atoms. The van der Waals surface area contributed by atoms with Crippen molar-refractivity contribution in [2.45, 2.75) is 45.1 Å². The molecular weight excluding hydrogens is 220 g/mol. The zero-order valence-electron chi connectivity index (χ0n) is 11.1. The quantitative estimate of drug-likeness (QED) is 0.856. The number of aromatic nitrogens is 1. The molecule has 96 valence electrons. The lowest BCUT2D eigenvalue weighted by Gasteiger charge is -2.32. The Morgan fingerprint density at radius 1 is 1.11 bits per heavy atom. The van der Waals surface area contributed by atoms with Gasteiger partial charge in [0, 0.05) is 11.7 Å². The van der Waals surface area contributed by atoms with Crippen LogP contribution in [0, 0.1) is 30.6 Å². The van der Waals surface area contributed by atoms with Crippen molar-refractivity contribution < 1.29 is 0 Å². The molecule has 0 saturated heterocycles. The minimum absolute atomic E-state index is 0.721. The van der Waals surface area contributed by atoms with Crippen molar-refractivity contribution in [2.75, 3.05) is 5.32 Å². The summed E-state index contributed by atoms with van der Waals surface area (Å²) in [5.74, 6) is 4.10. The van der Waals surface area contributed by atoms with Crippen molar-refractivity contribution in [2.24, 2.45) is 23.7 Å². The van der Waals surface area contributed by atoms with E-state index in [9.17, 15) is 0 Å². The van der Waals surface area contributed by atoms with Crippen LogP contribution >= 0.6 is 0 Å². The van der Waals surface area contributed by atoms with E-state index < -0.39 is 0 Å². The van der Waals surface area contributed by atoms with Crippen LogP contribution in [0.4, 0.5) is 5.69 Å². The van der Waals surface area contributed by atoms with Crippen LogP contribution < -0.4 is 5.32 Å². The summed E-state index contributed by atoms with van der Waals surface area (Å²) in [6, 6.07) is 5.01. The van der Waals surface area contributed by atoms with Gasteiger partial charge in [-0.3, -0.25) is 4.98 Å². The summed E-state index contributed by atoms with van der Waals surface area (Å²) in [6.07, 6.45) is 9.39. The summed E-state index contributed by atoms with van der Waals surface area (Å²) < 4.78 is 0. The predicted octanol–water partition coefficient (Wildman–Crippen LogP) is 3.63. The fourth-order valence-electron chi connectivity index (χ4n) is 5.00. The Bertz CT molecular complexity index is 439. The minimum atomic E-state index is 0.721. The zero-order chi connectivity index (χ0) is 12.1. The molecule has 0 aliphatic heterocycles. The number of pyridine rings is 1. The third-order valence-electron chi connectivity index (χ3n) is 5.69. The van der Waals surface area contributed by atoms with Crippen LogP contribution in [0.3, 0.4) is 0 Å². The highest BCUT2D eigenvalue weighted by atomic mass is 15.0. The Hall–Kier alpha value is -1.05. The summed E-state index contributed by atoms with van der Waals surface area (Å²) in [4.78, 5) is 4.39. The van der Waals surface area contributed by atoms with Gasteiger partial charge in [0.25, 0.3) is 0 Å². The molecule has 0 radical (unpaired) electrons. The third kappa shape index (κ3) is 1.58. The number of nitrogens with zero attached hydrogens (tertiary/aromatic N) is 1. The van der Waals surface area contributed by atoms with E-state index in [1.807, 2.05) is 13.1 Å². The number of hydrogen-bond acceptors (Lipinski definition) is 2. The molecule has 4 rings (SSSR count). The van der Waals surface area contributed by atoms with Crippen LogP contribution in [0.25, 0.3) is 0 Å². The standard InChI is InChI=1S/C16H22N2/c1-10-5-6-12(9-17-10)18-16-8-11-7-15(16)14-4-2-3-13(11)14/h5-6,9,11,13-16,18H,2-4,7-8H2,1H3. The van der Waals surface area contributed by atoms with Crippen molar-refractivity contribution in [1.82, 2.24) is 4.98 Å². The molecule has 18 heavy (non-hydrogen) atoms. The van der Waals surface area contributed by atoms with Gasteiger partial charge in [-0.05, 0) is 68.4 Å². The molecule has 5 unspecified atom stereocenters. The summed E-state index contributed by atoms with van der Waals surface area (Å²) in [5, 5.41) is 3.75. The van der Waals surface area contributed by atoms with Gasteiger partial charge in [0.15, 0.2) is 0 Å². The first-order valence-electron chi connectivity index (χ1n) is 7.50. The third-order valence-corrected chi connectivity index (χ3v) is 5.69. The van der Waals surface area contributed by atoms with Crippen LogP contribution in [0.1, 0.15) is 37.8 Å². The molecule has 3 fully saturated rings. The number of rotatable bonds is 2. The first kappa shape index (κ1) is 10.8. The number of anilines is 1. The van der Waals surface area contributed by atoms with Crippen molar-refractivity contribution in [3.63, 3.8) is 0 Å². The maximum absolute atomic E-state index is 4.39. The number of nitrogens with one attached hydrogen (secondary N) is 1. The second-order valence-electron chi connectivity index (χ2n) is 6.59. The lowest BCUT2D eigenvalue weighted by atomic mass is 9.79. The topological polar surface area (TPSA) is 24.9 Å². The fraction of sp³-hybridized carbons (Fsp3) is 0.688. The molecule has 0 aromatic carbocycles. The van der Waals surface area contributed by atoms with Crippen LogP contribution in [0.15, 0.2) is 18.3 Å². The number of hydrogen-bond donors (Lipinski definition) is 1. The average molecular weight is 242 g/mol. The van der Waals surface area contributed by atoms with Crippen molar-refractivity contribution in [3.8, 4) is 0 Å². The lowest BCUT2D eigenvalue weighted by Crippen LogP contribution is -2.33. The van der Waals surface area contributed by atoms with Crippen LogP contribution in [-0.4, -0.2) is 11.0 Å². The smallest absolute Gasteiger partial charge is 0.0529 e. The predicted molar refractivity (Wildman–Crippen MR) is 73.4 cm³/mol. The van der Waals surface area contributed by atoms with E-state index >= 15 is 0 Å². The largest absolute Gasteiger partial charge is 0.381 e. The molecule has 1 aromatic heterocycles. The molecule has 1 heterocycles. The van der Waals surface area contributed by atoms with Gasteiger partial charge in [0.1, 0.15) is 0 Å². The molecule has 1 N–H and O–H groups in total. The van der Waals surface area contributed by atoms with E-state index in [1.165, 1.54) is 37.8 Å². The maximum atomic E-state index is 4.39. The van der Waals surface area contributed by atoms with Crippen LogP contribution in [0.5, 0.6) is 0 Å². The number of fused-ring (bicyclic) bond motifs is 5. The first-order valence-corrected chi connectivity index (χ1v) is 7.50. The number of aryl methyl sites for hydroxylation is 1. The molecule has 5 atom stereocenters. The molecular formula is C16H22N2. The summed E-state index contributed by atoms with van der Waals surface area (Å²) >= 11 is 0. The van der Waals surface area contributed by atoms with Gasteiger partial charge in [-0.15, -0.1) is 0 Å². The van der Waals surface area contributed by atoms with E-state index in [1.54, 1.807) is 0 Å². The first-order chi connectivity index (χ1) is 8.81. The highest BCUT2D eigenvalue weighted by molar-refractivity contribution is 5.42. The molecule has 0 spiro atoms. The van der Waals surface area contributed by atoms with Gasteiger partial charge in [-0.2, -0.15) is 0 Å². The monoisotopic (exact) mass is 242 g/mol. The van der Waals surface area contributed by atoms with Gasteiger partial charge in [-0.25, -0.2) is 0 Å². The van der Waals surface area contributed by atoms with E-state index in [4.69, 9.17) is 0 Å².